The lowest BCUT2D eigenvalue weighted by molar-refractivity contribution is -0.270. The predicted molar refractivity (Wildman–Crippen MR) is 111 cm³/mol. The Bertz CT molecular complexity index is 741. The molecule has 0 aliphatic carbocycles. The maximum absolute atomic E-state index is 11.8. The zero-order valence-corrected chi connectivity index (χ0v) is 18.5. The molecule has 0 radical (unpaired) electrons. The van der Waals surface area contributed by atoms with Gasteiger partial charge < -0.3 is 40.2 Å². The van der Waals surface area contributed by atoms with Crippen LogP contribution in [0.1, 0.15) is 45.4 Å². The van der Waals surface area contributed by atoms with E-state index >= 15 is 0 Å². The second kappa shape index (κ2) is 13.4. The van der Waals surface area contributed by atoms with Crippen LogP contribution in [0.2, 0.25) is 0 Å². The van der Waals surface area contributed by atoms with E-state index in [1.54, 1.807) is 0 Å². The topological polar surface area (TPSA) is 181 Å². The molecule has 12 nitrogen and oxygen atoms in total. The molecule has 12 heteroatoms. The third-order valence-corrected chi connectivity index (χ3v) is 5.30. The van der Waals surface area contributed by atoms with Gasteiger partial charge in [0.1, 0.15) is 24.4 Å². The summed E-state index contributed by atoms with van der Waals surface area (Å²) in [6.45, 7) is 1.52. The van der Waals surface area contributed by atoms with Crippen LogP contribution in [0.3, 0.4) is 0 Å². The van der Waals surface area contributed by atoms with Gasteiger partial charge in [-0.15, -0.1) is 0 Å². The highest BCUT2D eigenvalue weighted by molar-refractivity contribution is 6.09. The van der Waals surface area contributed by atoms with Gasteiger partial charge in [0.2, 0.25) is 11.8 Å². The summed E-state index contributed by atoms with van der Waals surface area (Å²) in [5, 5.41) is 34.7. The van der Waals surface area contributed by atoms with Crippen molar-refractivity contribution in [1.82, 2.24) is 10.6 Å². The quantitative estimate of drug-likeness (QED) is 0.119. The molecule has 1 saturated heterocycles. The normalized spacial score (nSPS) is 27.2. The first-order valence-electron chi connectivity index (χ1n) is 11.0. The first kappa shape index (κ1) is 26.9. The second-order valence-electron chi connectivity index (χ2n) is 7.95. The van der Waals surface area contributed by atoms with Gasteiger partial charge in [-0.3, -0.25) is 9.59 Å². The van der Waals surface area contributed by atoms with Gasteiger partial charge in [0.15, 0.2) is 6.29 Å². The molecule has 0 bridgehead atoms. The predicted octanol–water partition coefficient (Wildman–Crippen LogP) is -1.59. The van der Waals surface area contributed by atoms with Gasteiger partial charge in [0.25, 0.3) is 0 Å². The van der Waals surface area contributed by atoms with Crippen LogP contribution < -0.4 is 10.6 Å². The average molecular weight is 472 g/mol. The van der Waals surface area contributed by atoms with Gasteiger partial charge in [0, 0.05) is 38.1 Å². The van der Waals surface area contributed by atoms with Crippen LogP contribution in [0.4, 0.5) is 0 Å². The van der Waals surface area contributed by atoms with E-state index in [9.17, 15) is 34.5 Å². The van der Waals surface area contributed by atoms with Crippen LogP contribution in [0.25, 0.3) is 0 Å². The van der Waals surface area contributed by atoms with Crippen molar-refractivity contribution in [3.63, 3.8) is 0 Å². The van der Waals surface area contributed by atoms with Gasteiger partial charge in [0.05, 0.1) is 6.61 Å². The largest absolute Gasteiger partial charge is 0.394 e. The van der Waals surface area contributed by atoms with Crippen LogP contribution in [0, 0.1) is 0 Å². The van der Waals surface area contributed by atoms with Crippen molar-refractivity contribution >= 4 is 23.8 Å². The first-order chi connectivity index (χ1) is 15.7. The van der Waals surface area contributed by atoms with Gasteiger partial charge >= 0.3 is 11.9 Å². The molecule has 2 amide bonds. The molecule has 5 N–H and O–H groups in total. The third-order valence-electron chi connectivity index (χ3n) is 5.30. The van der Waals surface area contributed by atoms with Crippen LogP contribution in [0.5, 0.6) is 0 Å². The van der Waals surface area contributed by atoms with Gasteiger partial charge in [-0.05, 0) is 19.3 Å². The van der Waals surface area contributed by atoms with E-state index in [0.29, 0.717) is 13.0 Å². The Balaban J connectivity index is 1.58. The maximum atomic E-state index is 11.8. The Morgan fingerprint density at radius 3 is 2.48 bits per heavy atom. The van der Waals surface area contributed by atoms with E-state index in [0.717, 1.165) is 25.3 Å². The smallest absolute Gasteiger partial charge is 0.342 e. The third kappa shape index (κ3) is 8.48. The summed E-state index contributed by atoms with van der Waals surface area (Å²) in [5.74, 6) is -2.04. The molecule has 2 aliphatic heterocycles. The molecule has 33 heavy (non-hydrogen) atoms. The molecule has 0 saturated carbocycles. The number of carbonyl (C=O) groups is 4. The molecule has 0 aromatic heterocycles. The number of rotatable bonds is 13. The number of cyclic esters (lactones) is 2. The minimum Gasteiger partial charge on any atom is -0.394 e. The fourth-order valence-corrected chi connectivity index (χ4v) is 3.52. The van der Waals surface area contributed by atoms with Crippen molar-refractivity contribution in [2.45, 2.75) is 76.1 Å². The number of unbranched alkanes of at least 4 members (excludes halogenated alkanes) is 3. The highest BCUT2D eigenvalue weighted by atomic mass is 16.7. The number of aliphatic hydroxyl groups excluding tert-OH is 3. The van der Waals surface area contributed by atoms with Gasteiger partial charge in [-0.25, -0.2) is 9.59 Å². The SMILES string of the molecule is CC(=O)NC1C(OCCCCCCNC(=O)CCC2=CC(=O)OC2=O)OC(CO)C(O)C1O. The monoisotopic (exact) mass is 472 g/mol. The second-order valence-corrected chi connectivity index (χ2v) is 7.95. The Morgan fingerprint density at radius 2 is 1.85 bits per heavy atom. The summed E-state index contributed by atoms with van der Waals surface area (Å²) in [4.78, 5) is 45.4. The molecule has 0 aromatic rings. The van der Waals surface area contributed by atoms with Crippen LogP contribution in [-0.4, -0.2) is 89.5 Å². The summed E-state index contributed by atoms with van der Waals surface area (Å²) in [6, 6.07) is -0.963. The van der Waals surface area contributed by atoms with Crippen LogP contribution >= 0.6 is 0 Å². The number of hydrogen-bond donors (Lipinski definition) is 5. The summed E-state index contributed by atoms with van der Waals surface area (Å²) in [5.41, 5.74) is 0.199. The molecule has 2 heterocycles. The number of ether oxygens (including phenoxy) is 3. The highest BCUT2D eigenvalue weighted by Gasteiger charge is 2.45. The Morgan fingerprint density at radius 1 is 1.12 bits per heavy atom. The van der Waals surface area contributed by atoms with Crippen molar-refractivity contribution in [2.75, 3.05) is 19.8 Å². The lowest BCUT2D eigenvalue weighted by Gasteiger charge is -2.42. The summed E-state index contributed by atoms with van der Waals surface area (Å²) in [6.07, 6.45) is -0.374. The zero-order valence-electron chi connectivity index (χ0n) is 18.5. The van der Waals surface area contributed by atoms with E-state index < -0.39 is 55.1 Å². The molecular weight excluding hydrogens is 440 g/mol. The van der Waals surface area contributed by atoms with Crippen molar-refractivity contribution in [3.8, 4) is 0 Å². The van der Waals surface area contributed by atoms with Crippen molar-refractivity contribution < 1.29 is 48.7 Å². The number of carbonyl (C=O) groups excluding carboxylic acids is 4. The minimum absolute atomic E-state index is 0.0916. The number of hydrogen-bond acceptors (Lipinski definition) is 10. The van der Waals surface area contributed by atoms with Gasteiger partial charge in [-0.1, -0.05) is 12.8 Å². The standard InChI is InChI=1S/C21H32N2O10/c1-12(25)23-17-19(29)18(28)14(11-24)32-21(17)31-9-5-3-2-4-8-22-15(26)7-6-13-10-16(27)33-20(13)30/h10,14,17-19,21,24,28-29H,2-9,11H2,1H3,(H,22,26)(H,23,25). The minimum atomic E-state index is -1.35. The molecule has 1 fully saturated rings. The lowest BCUT2D eigenvalue weighted by atomic mass is 9.97. The summed E-state index contributed by atoms with van der Waals surface area (Å²) >= 11 is 0. The fourth-order valence-electron chi connectivity index (χ4n) is 3.52. The highest BCUT2D eigenvalue weighted by Crippen LogP contribution is 2.22. The van der Waals surface area contributed by atoms with Crippen LogP contribution in [-0.2, 0) is 33.4 Å². The molecule has 186 valence electrons. The van der Waals surface area contributed by atoms with Gasteiger partial charge in [-0.2, -0.15) is 0 Å². The molecule has 2 rings (SSSR count). The van der Waals surface area contributed by atoms with E-state index in [-0.39, 0.29) is 30.9 Å². The van der Waals surface area contributed by atoms with E-state index in [1.807, 2.05) is 0 Å². The molecule has 5 atom stereocenters. The summed E-state index contributed by atoms with van der Waals surface area (Å²) < 4.78 is 15.5. The maximum Gasteiger partial charge on any atom is 0.342 e. The molecule has 0 spiro atoms. The van der Waals surface area contributed by atoms with Crippen LogP contribution in [0.15, 0.2) is 11.6 Å². The van der Waals surface area contributed by atoms with Crippen molar-refractivity contribution in [2.24, 2.45) is 0 Å². The lowest BCUT2D eigenvalue weighted by Crippen LogP contribution is -2.64. The first-order valence-corrected chi connectivity index (χ1v) is 11.0. The Labute approximate surface area is 191 Å². The molecular formula is C21H32N2O10. The zero-order chi connectivity index (χ0) is 24.4. The van der Waals surface area contributed by atoms with E-state index in [4.69, 9.17) is 9.47 Å². The number of aliphatic hydroxyl groups is 3. The van der Waals surface area contributed by atoms with Crippen molar-refractivity contribution in [1.29, 1.82) is 0 Å². The Kier molecular flexibility index (Phi) is 10.9. The molecule has 0 aromatic carbocycles. The Hall–Kier alpha value is -2.38. The van der Waals surface area contributed by atoms with E-state index in [1.165, 1.54) is 6.92 Å². The molecule has 2 aliphatic rings. The van der Waals surface area contributed by atoms with Crippen molar-refractivity contribution in [3.05, 3.63) is 11.6 Å². The number of amides is 2. The number of esters is 2. The number of nitrogens with one attached hydrogen (secondary N) is 2. The molecule has 5 unspecified atom stereocenters. The van der Waals surface area contributed by atoms with E-state index in [2.05, 4.69) is 15.4 Å². The fraction of sp³-hybridized carbons (Fsp3) is 0.714. The average Bonchev–Trinajstić information content (AvgIpc) is 3.09. The summed E-state index contributed by atoms with van der Waals surface area (Å²) in [7, 11) is 0.